The van der Waals surface area contributed by atoms with Crippen molar-refractivity contribution >= 4 is 61.1 Å². The summed E-state index contributed by atoms with van der Waals surface area (Å²) in [6.07, 6.45) is 0.912. The molecular formula is C15H12ClN5OS2. The van der Waals surface area contributed by atoms with Crippen LogP contribution >= 0.6 is 34.7 Å². The minimum atomic E-state index is -0.731. The molecule has 4 aromatic rings. The smallest absolute Gasteiger partial charge is 0.185 e. The van der Waals surface area contributed by atoms with Gasteiger partial charge in [-0.1, -0.05) is 46.8 Å². The van der Waals surface area contributed by atoms with Gasteiger partial charge < -0.3 is 15.4 Å². The molecule has 0 aliphatic carbocycles. The predicted octanol–water partition coefficient (Wildman–Crippen LogP) is 3.74. The molecule has 3 heterocycles. The summed E-state index contributed by atoms with van der Waals surface area (Å²) in [7, 11) is 0. The molecule has 1 aromatic carbocycles. The highest BCUT2D eigenvalue weighted by atomic mass is 35.5. The van der Waals surface area contributed by atoms with E-state index in [0.717, 1.165) is 21.3 Å². The summed E-state index contributed by atoms with van der Waals surface area (Å²) in [5.41, 5.74) is 2.49. The van der Waals surface area contributed by atoms with E-state index in [-0.39, 0.29) is 0 Å². The molecule has 6 nitrogen and oxygen atoms in total. The molecule has 0 aliphatic heterocycles. The van der Waals surface area contributed by atoms with Crippen LogP contribution in [-0.4, -0.2) is 37.0 Å². The van der Waals surface area contributed by atoms with Crippen LogP contribution < -0.4 is 5.32 Å². The summed E-state index contributed by atoms with van der Waals surface area (Å²) in [6, 6.07) is 9.58. The zero-order chi connectivity index (χ0) is 16.5. The van der Waals surface area contributed by atoms with Crippen LogP contribution in [0.5, 0.6) is 0 Å². The van der Waals surface area contributed by atoms with Gasteiger partial charge in [-0.05, 0) is 12.1 Å². The number of pyridine rings is 1. The fourth-order valence-electron chi connectivity index (χ4n) is 2.21. The topological polar surface area (TPSA) is 86.7 Å². The third-order valence-corrected chi connectivity index (χ3v) is 5.40. The van der Waals surface area contributed by atoms with Gasteiger partial charge >= 0.3 is 0 Å². The van der Waals surface area contributed by atoms with Crippen molar-refractivity contribution in [2.24, 2.45) is 0 Å². The van der Waals surface area contributed by atoms with E-state index in [2.05, 4.69) is 25.3 Å². The van der Waals surface area contributed by atoms with Crippen molar-refractivity contribution in [3.63, 3.8) is 0 Å². The lowest BCUT2D eigenvalue weighted by Gasteiger charge is -2.09. The first-order valence-electron chi connectivity index (χ1n) is 7.11. The second-order valence-corrected chi connectivity index (χ2v) is 7.45. The van der Waals surface area contributed by atoms with Gasteiger partial charge in [-0.2, -0.15) is 0 Å². The molecule has 24 heavy (non-hydrogen) atoms. The van der Waals surface area contributed by atoms with Gasteiger partial charge in [0.1, 0.15) is 11.4 Å². The Balaban J connectivity index is 1.40. The first kappa shape index (κ1) is 15.6. The van der Waals surface area contributed by atoms with Crippen LogP contribution in [0.15, 0.2) is 41.7 Å². The van der Waals surface area contributed by atoms with Gasteiger partial charge in [-0.3, -0.25) is 0 Å². The molecule has 0 fully saturated rings. The summed E-state index contributed by atoms with van der Waals surface area (Å²) in [5, 5.41) is 15.0. The molecular weight excluding hydrogens is 366 g/mol. The van der Waals surface area contributed by atoms with Crippen LogP contribution in [0.4, 0.5) is 5.13 Å². The Morgan fingerprint density at radius 3 is 3.04 bits per heavy atom. The number of hydrogen-bond acceptors (Lipinski definition) is 7. The first-order chi connectivity index (χ1) is 11.7. The number of nitrogens with one attached hydrogen (secondary N) is 2. The number of hydrogen-bond donors (Lipinski definition) is 3. The summed E-state index contributed by atoms with van der Waals surface area (Å²) >= 11 is 8.78. The van der Waals surface area contributed by atoms with Crippen LogP contribution in [-0.2, 0) is 0 Å². The third-order valence-electron chi connectivity index (χ3n) is 3.27. The van der Waals surface area contributed by atoms with Gasteiger partial charge in [0.15, 0.2) is 10.3 Å². The summed E-state index contributed by atoms with van der Waals surface area (Å²) in [5.74, 6) is 0.427. The zero-order valence-electron chi connectivity index (χ0n) is 12.2. The second kappa shape index (κ2) is 6.56. The number of benzene rings is 1. The number of para-hydroxylation sites is 1. The number of thioether (sulfide) groups is 1. The van der Waals surface area contributed by atoms with Gasteiger partial charge in [0.2, 0.25) is 0 Å². The number of thiazole rings is 1. The number of anilines is 1. The molecule has 0 amide bonds. The zero-order valence-corrected chi connectivity index (χ0v) is 14.6. The molecule has 122 valence electrons. The van der Waals surface area contributed by atoms with Crippen molar-refractivity contribution in [2.45, 2.75) is 11.4 Å². The largest absolute Gasteiger partial charge is 0.373 e. The van der Waals surface area contributed by atoms with Crippen LogP contribution in [0.3, 0.4) is 0 Å². The molecule has 0 spiro atoms. The predicted molar refractivity (Wildman–Crippen MR) is 98.9 cm³/mol. The minimum Gasteiger partial charge on any atom is -0.373 e. The van der Waals surface area contributed by atoms with Crippen molar-refractivity contribution in [1.29, 1.82) is 0 Å². The molecule has 3 aromatic heterocycles. The second-order valence-electron chi connectivity index (χ2n) is 5.02. The molecule has 4 rings (SSSR count). The van der Waals surface area contributed by atoms with Crippen LogP contribution in [0.25, 0.3) is 21.3 Å². The van der Waals surface area contributed by atoms with E-state index in [1.165, 1.54) is 23.1 Å². The lowest BCUT2D eigenvalue weighted by molar-refractivity contribution is 0.229. The number of H-pyrrole nitrogens is 1. The summed E-state index contributed by atoms with van der Waals surface area (Å²) in [4.78, 5) is 16.0. The number of rotatable bonds is 5. The number of aliphatic hydroxyl groups is 1. The van der Waals surface area contributed by atoms with Crippen molar-refractivity contribution in [3.8, 4) is 0 Å². The molecule has 3 N–H and O–H groups in total. The van der Waals surface area contributed by atoms with E-state index >= 15 is 0 Å². The van der Waals surface area contributed by atoms with Crippen molar-refractivity contribution in [2.75, 3.05) is 11.1 Å². The molecule has 0 bridgehead atoms. The van der Waals surface area contributed by atoms with Crippen LogP contribution in [0.1, 0.15) is 0 Å². The Bertz CT molecular complexity index is 969. The molecule has 1 atom stereocenters. The Kier molecular flexibility index (Phi) is 4.28. The Labute approximate surface area is 150 Å². The van der Waals surface area contributed by atoms with Crippen LogP contribution in [0, 0.1) is 0 Å². The van der Waals surface area contributed by atoms with E-state index in [4.69, 9.17) is 11.6 Å². The maximum absolute atomic E-state index is 10.2. The van der Waals surface area contributed by atoms with E-state index in [1.807, 2.05) is 24.3 Å². The molecule has 9 heteroatoms. The monoisotopic (exact) mass is 377 g/mol. The Morgan fingerprint density at radius 1 is 1.29 bits per heavy atom. The summed E-state index contributed by atoms with van der Waals surface area (Å²) in [6.45, 7) is 0. The van der Waals surface area contributed by atoms with E-state index < -0.39 is 6.23 Å². The van der Waals surface area contributed by atoms with Gasteiger partial charge in [0.25, 0.3) is 0 Å². The average Bonchev–Trinajstić information content (AvgIpc) is 3.15. The molecule has 0 saturated heterocycles. The van der Waals surface area contributed by atoms with E-state index in [0.29, 0.717) is 21.2 Å². The molecule has 0 saturated carbocycles. The lowest BCUT2D eigenvalue weighted by atomic mass is 10.3. The SMILES string of the molecule is OC(CSc1nc2cc(Cl)ncc2[nH]1)Nc1nc2ccccc2s1. The first-order valence-corrected chi connectivity index (χ1v) is 9.29. The lowest BCUT2D eigenvalue weighted by Crippen LogP contribution is -2.21. The molecule has 0 radical (unpaired) electrons. The normalized spacial score (nSPS) is 12.8. The minimum absolute atomic E-state index is 0.406. The maximum atomic E-state index is 10.2. The average molecular weight is 378 g/mol. The highest BCUT2D eigenvalue weighted by Gasteiger charge is 2.11. The number of nitrogens with zero attached hydrogens (tertiary/aromatic N) is 3. The van der Waals surface area contributed by atoms with Crippen molar-refractivity contribution in [3.05, 3.63) is 41.7 Å². The molecule has 1 unspecified atom stereocenters. The Hall–Kier alpha value is -1.87. The third kappa shape index (κ3) is 3.32. The van der Waals surface area contributed by atoms with Gasteiger partial charge in [0, 0.05) is 11.8 Å². The number of imidazole rings is 1. The fraction of sp³-hybridized carbons (Fsp3) is 0.133. The number of aromatic amines is 1. The summed E-state index contributed by atoms with van der Waals surface area (Å²) < 4.78 is 1.08. The van der Waals surface area contributed by atoms with E-state index in [1.54, 1.807) is 12.3 Å². The number of aromatic nitrogens is 4. The van der Waals surface area contributed by atoms with Gasteiger partial charge in [-0.25, -0.2) is 15.0 Å². The number of aliphatic hydroxyl groups excluding tert-OH is 1. The molecule has 0 aliphatic rings. The standard InChI is InChI=1S/C15H12ClN5OS2/c16-12-5-9-10(6-17-12)20-14(19-9)23-7-13(22)21-15-18-8-3-1-2-4-11(8)24-15/h1-6,13,22H,7H2,(H,18,21)(H,19,20). The quantitative estimate of drug-likeness (QED) is 0.279. The maximum Gasteiger partial charge on any atom is 0.185 e. The van der Waals surface area contributed by atoms with Crippen LogP contribution in [0.2, 0.25) is 5.15 Å². The highest BCUT2D eigenvalue weighted by Crippen LogP contribution is 2.26. The number of halogens is 1. The van der Waals surface area contributed by atoms with Gasteiger partial charge in [-0.15, -0.1) is 0 Å². The van der Waals surface area contributed by atoms with Crippen molar-refractivity contribution in [1.82, 2.24) is 19.9 Å². The Morgan fingerprint density at radius 2 is 2.17 bits per heavy atom. The van der Waals surface area contributed by atoms with Gasteiger partial charge in [0.05, 0.1) is 27.4 Å². The van der Waals surface area contributed by atoms with Crippen molar-refractivity contribution < 1.29 is 5.11 Å². The van der Waals surface area contributed by atoms with E-state index in [9.17, 15) is 5.11 Å². The number of fused-ring (bicyclic) bond motifs is 2. The highest BCUT2D eigenvalue weighted by molar-refractivity contribution is 7.99. The fourth-order valence-corrected chi connectivity index (χ4v) is 4.01.